The van der Waals surface area contributed by atoms with E-state index < -0.39 is 11.6 Å². The molecule has 3 aliphatic carbocycles. The second-order valence-electron chi connectivity index (χ2n) is 11.1. The molecule has 174 valence electrons. The predicted octanol–water partition coefficient (Wildman–Crippen LogP) is 3.73. The Bertz CT molecular complexity index is 1100. The predicted molar refractivity (Wildman–Crippen MR) is 114 cm³/mol. The normalized spacial score (nSPS) is 25.4. The molecule has 1 aromatic carbocycles. The van der Waals surface area contributed by atoms with Crippen LogP contribution in [0.5, 0.6) is 5.75 Å². The third-order valence-corrected chi connectivity index (χ3v) is 8.34. The molecule has 7 nitrogen and oxygen atoms in total. The SMILES string of the molecule is O=C(N1CC2(CC(Oc3ccc(F)cc3F)C2)C1)N1CC2(CC(n3cnc(C4CC4)n3)C2)C1. The van der Waals surface area contributed by atoms with E-state index in [1.165, 1.54) is 25.0 Å². The lowest BCUT2D eigenvalue weighted by molar-refractivity contribution is -0.121. The maximum Gasteiger partial charge on any atom is 0.320 e. The van der Waals surface area contributed by atoms with Gasteiger partial charge in [-0.2, -0.15) is 5.10 Å². The van der Waals surface area contributed by atoms with E-state index in [0.717, 1.165) is 63.8 Å². The fourth-order valence-electron chi connectivity index (χ4n) is 6.37. The molecule has 3 saturated carbocycles. The Morgan fingerprint density at radius 3 is 2.30 bits per heavy atom. The summed E-state index contributed by atoms with van der Waals surface area (Å²) in [6, 6.07) is 3.95. The standard InChI is InChI=1S/C24H27F2N5O2/c25-16-3-4-20(19(26)5-16)33-18-8-24(9-18)12-30(13-24)22(32)29-10-23(11-29)6-17(7-23)31-14-27-21(28-31)15-1-2-15/h3-5,14-15,17-18H,1-2,6-13H2. The molecular formula is C24H27F2N5O2. The first-order chi connectivity index (χ1) is 15.9. The van der Waals surface area contributed by atoms with Crippen LogP contribution < -0.4 is 4.74 Å². The summed E-state index contributed by atoms with van der Waals surface area (Å²) >= 11 is 0. The largest absolute Gasteiger partial charge is 0.487 e. The fourth-order valence-corrected chi connectivity index (χ4v) is 6.37. The van der Waals surface area contributed by atoms with Gasteiger partial charge in [0.2, 0.25) is 0 Å². The number of carbonyl (C=O) groups excluding carboxylic acids is 1. The van der Waals surface area contributed by atoms with Crippen molar-refractivity contribution in [3.8, 4) is 5.75 Å². The van der Waals surface area contributed by atoms with Gasteiger partial charge in [-0.1, -0.05) is 0 Å². The van der Waals surface area contributed by atoms with Crippen molar-refractivity contribution in [3.05, 3.63) is 42.0 Å². The van der Waals surface area contributed by atoms with Crippen molar-refractivity contribution in [2.24, 2.45) is 10.8 Å². The van der Waals surface area contributed by atoms with Crippen LogP contribution in [-0.4, -0.2) is 62.9 Å². The fraction of sp³-hybridized carbons (Fsp3) is 0.625. The third-order valence-electron chi connectivity index (χ3n) is 8.34. The van der Waals surface area contributed by atoms with E-state index in [4.69, 9.17) is 4.74 Å². The lowest BCUT2D eigenvalue weighted by Gasteiger charge is -2.63. The molecule has 9 heteroatoms. The van der Waals surface area contributed by atoms with Gasteiger partial charge in [0.25, 0.3) is 0 Å². The topological polar surface area (TPSA) is 63.5 Å². The minimum Gasteiger partial charge on any atom is -0.487 e. The Hall–Kier alpha value is -2.71. The molecule has 2 saturated heterocycles. The van der Waals surface area contributed by atoms with Gasteiger partial charge in [0.05, 0.1) is 6.04 Å². The summed E-state index contributed by atoms with van der Waals surface area (Å²) in [6.45, 7) is 3.16. The molecule has 2 amide bonds. The highest BCUT2D eigenvalue weighted by atomic mass is 19.1. The Morgan fingerprint density at radius 1 is 1.00 bits per heavy atom. The van der Waals surface area contributed by atoms with E-state index in [-0.39, 0.29) is 28.7 Å². The molecule has 3 heterocycles. The van der Waals surface area contributed by atoms with Crippen LogP contribution in [0.1, 0.15) is 56.3 Å². The van der Waals surface area contributed by atoms with Crippen molar-refractivity contribution >= 4 is 6.03 Å². The third kappa shape index (κ3) is 3.22. The number of halogens is 2. The molecular weight excluding hydrogens is 428 g/mol. The minimum absolute atomic E-state index is 0.0707. The quantitative estimate of drug-likeness (QED) is 0.705. The zero-order valence-electron chi connectivity index (χ0n) is 18.4. The summed E-state index contributed by atoms with van der Waals surface area (Å²) < 4.78 is 34.6. The van der Waals surface area contributed by atoms with Gasteiger partial charge < -0.3 is 14.5 Å². The maximum absolute atomic E-state index is 13.8. The molecule has 0 radical (unpaired) electrons. The van der Waals surface area contributed by atoms with Gasteiger partial charge in [0.1, 0.15) is 18.2 Å². The number of rotatable bonds is 4. The molecule has 2 aromatic rings. The number of nitrogens with zero attached hydrogens (tertiary/aromatic N) is 5. The number of hydrogen-bond acceptors (Lipinski definition) is 4. The van der Waals surface area contributed by atoms with Gasteiger partial charge in [0, 0.05) is 49.0 Å². The van der Waals surface area contributed by atoms with Crippen molar-refractivity contribution in [3.63, 3.8) is 0 Å². The van der Waals surface area contributed by atoms with Crippen LogP contribution in [0, 0.1) is 22.5 Å². The van der Waals surface area contributed by atoms with Crippen LogP contribution in [0.25, 0.3) is 0 Å². The molecule has 2 spiro atoms. The van der Waals surface area contributed by atoms with Crippen molar-refractivity contribution in [1.82, 2.24) is 24.6 Å². The van der Waals surface area contributed by atoms with Crippen LogP contribution in [0.3, 0.4) is 0 Å². The van der Waals surface area contributed by atoms with Crippen molar-refractivity contribution in [2.45, 2.75) is 56.6 Å². The number of ether oxygens (including phenoxy) is 1. The first-order valence-corrected chi connectivity index (χ1v) is 12.0. The zero-order valence-corrected chi connectivity index (χ0v) is 18.4. The van der Waals surface area contributed by atoms with Crippen molar-refractivity contribution in [2.75, 3.05) is 26.2 Å². The van der Waals surface area contributed by atoms with Crippen LogP contribution in [-0.2, 0) is 0 Å². The smallest absolute Gasteiger partial charge is 0.320 e. The molecule has 5 aliphatic rings. The minimum atomic E-state index is -0.668. The number of carbonyl (C=O) groups is 1. The highest BCUT2D eigenvalue weighted by Crippen LogP contribution is 2.55. The van der Waals surface area contributed by atoms with Crippen molar-refractivity contribution < 1.29 is 18.3 Å². The summed E-state index contributed by atoms with van der Waals surface area (Å²) in [5.74, 6) is 0.406. The van der Waals surface area contributed by atoms with Gasteiger partial charge in [-0.05, 0) is 50.7 Å². The summed E-state index contributed by atoms with van der Waals surface area (Å²) in [5, 5.41) is 4.66. The maximum atomic E-state index is 13.8. The van der Waals surface area contributed by atoms with Gasteiger partial charge in [-0.15, -0.1) is 0 Å². The molecule has 33 heavy (non-hydrogen) atoms. The molecule has 7 rings (SSSR count). The van der Waals surface area contributed by atoms with E-state index in [1.807, 2.05) is 20.8 Å². The Morgan fingerprint density at radius 2 is 1.67 bits per heavy atom. The lowest BCUT2D eigenvalue weighted by atomic mass is 9.60. The lowest BCUT2D eigenvalue weighted by Crippen LogP contribution is -2.71. The first-order valence-electron chi connectivity index (χ1n) is 12.0. The highest BCUT2D eigenvalue weighted by Gasteiger charge is 2.59. The van der Waals surface area contributed by atoms with Gasteiger partial charge >= 0.3 is 6.03 Å². The number of aromatic nitrogens is 3. The first kappa shape index (κ1) is 19.7. The van der Waals surface area contributed by atoms with E-state index in [1.54, 1.807) is 0 Å². The summed E-state index contributed by atoms with van der Waals surface area (Å²) in [4.78, 5) is 21.2. The average Bonchev–Trinajstić information content (AvgIpc) is 3.40. The van der Waals surface area contributed by atoms with Crippen LogP contribution in [0.2, 0.25) is 0 Å². The molecule has 1 aromatic heterocycles. The van der Waals surface area contributed by atoms with E-state index in [2.05, 4.69) is 10.1 Å². The Labute approximate surface area is 190 Å². The van der Waals surface area contributed by atoms with E-state index in [0.29, 0.717) is 12.0 Å². The van der Waals surface area contributed by atoms with Gasteiger partial charge in [0.15, 0.2) is 17.4 Å². The molecule has 0 bridgehead atoms. The number of urea groups is 1. The molecule has 5 fully saturated rings. The number of benzene rings is 1. The molecule has 2 aliphatic heterocycles. The molecule has 0 unspecified atom stereocenters. The van der Waals surface area contributed by atoms with E-state index >= 15 is 0 Å². The summed E-state index contributed by atoms with van der Waals surface area (Å²) in [6.07, 6.45) is 8.01. The molecule has 0 N–H and O–H groups in total. The van der Waals surface area contributed by atoms with Crippen LogP contribution >= 0.6 is 0 Å². The van der Waals surface area contributed by atoms with Gasteiger partial charge in [-0.25, -0.2) is 23.2 Å². The second-order valence-corrected chi connectivity index (χ2v) is 11.1. The summed E-state index contributed by atoms with van der Waals surface area (Å²) in [7, 11) is 0. The second kappa shape index (κ2) is 6.67. The highest BCUT2D eigenvalue weighted by molar-refractivity contribution is 5.77. The van der Waals surface area contributed by atoms with Crippen molar-refractivity contribution in [1.29, 1.82) is 0 Å². The monoisotopic (exact) mass is 455 g/mol. The zero-order chi connectivity index (χ0) is 22.4. The van der Waals surface area contributed by atoms with Crippen LogP contribution in [0.4, 0.5) is 13.6 Å². The Balaban J connectivity index is 0.856. The number of likely N-dealkylation sites (tertiary alicyclic amines) is 2. The summed E-state index contributed by atoms with van der Waals surface area (Å²) in [5.41, 5.74) is 0.372. The Kier molecular flexibility index (Phi) is 3.99. The molecule has 0 atom stereocenters. The van der Waals surface area contributed by atoms with E-state index in [9.17, 15) is 13.6 Å². The average molecular weight is 456 g/mol. The van der Waals surface area contributed by atoms with Crippen LogP contribution in [0.15, 0.2) is 24.5 Å². The van der Waals surface area contributed by atoms with Gasteiger partial charge in [-0.3, -0.25) is 0 Å². The number of hydrogen-bond donors (Lipinski definition) is 0. The number of amides is 2.